The van der Waals surface area contributed by atoms with Crippen LogP contribution >= 0.6 is 0 Å². The van der Waals surface area contributed by atoms with Gasteiger partial charge in [0.05, 0.1) is 6.10 Å². The number of rotatable bonds is 3. The molecular weight excluding hydrogens is 234 g/mol. The van der Waals surface area contributed by atoms with Gasteiger partial charge in [0, 0.05) is 12.6 Å². The van der Waals surface area contributed by atoms with E-state index in [-0.39, 0.29) is 12.1 Å². The Kier molecular flexibility index (Phi) is 3.90. The maximum atomic E-state index is 10.5. The molecule has 2 heteroatoms. The Morgan fingerprint density at radius 3 is 2.63 bits per heavy atom. The first-order valence-electron chi connectivity index (χ1n) is 7.72. The van der Waals surface area contributed by atoms with E-state index in [2.05, 4.69) is 30.1 Å². The summed E-state index contributed by atoms with van der Waals surface area (Å²) in [5, 5.41) is 10.5. The fourth-order valence-electron chi connectivity index (χ4n) is 3.86. The summed E-state index contributed by atoms with van der Waals surface area (Å²) in [6, 6.07) is 8.63. The Balaban J connectivity index is 1.64. The van der Waals surface area contributed by atoms with E-state index >= 15 is 0 Å². The zero-order valence-electron chi connectivity index (χ0n) is 11.9. The van der Waals surface area contributed by atoms with Crippen molar-refractivity contribution < 1.29 is 5.11 Å². The van der Waals surface area contributed by atoms with Crippen LogP contribution in [0.4, 0.5) is 0 Å². The zero-order valence-corrected chi connectivity index (χ0v) is 11.9. The summed E-state index contributed by atoms with van der Waals surface area (Å²) in [5.74, 6) is 0.842. The standard InChI is InChI=1S/C17H25NO/c1-18(12-13-7-3-2-4-8-13)16-11-14-9-5-6-10-15(14)17(16)19/h5-6,9-10,13,16-17,19H,2-4,7-8,11-12H2,1H3. The molecule has 19 heavy (non-hydrogen) atoms. The van der Waals surface area contributed by atoms with Crippen molar-refractivity contribution in [2.75, 3.05) is 13.6 Å². The molecule has 2 aliphatic rings. The van der Waals surface area contributed by atoms with Crippen molar-refractivity contribution >= 4 is 0 Å². The minimum Gasteiger partial charge on any atom is -0.387 e. The van der Waals surface area contributed by atoms with Crippen LogP contribution in [-0.2, 0) is 6.42 Å². The molecule has 2 unspecified atom stereocenters. The first-order chi connectivity index (χ1) is 9.25. The Labute approximate surface area is 116 Å². The lowest BCUT2D eigenvalue weighted by molar-refractivity contribution is 0.0632. The smallest absolute Gasteiger partial charge is 0.0950 e. The topological polar surface area (TPSA) is 23.5 Å². The minimum atomic E-state index is -0.301. The van der Waals surface area contributed by atoms with Crippen LogP contribution in [0.25, 0.3) is 0 Å². The average molecular weight is 259 g/mol. The number of aliphatic hydroxyl groups excluding tert-OH is 1. The number of likely N-dealkylation sites (N-methyl/N-ethyl adjacent to an activating group) is 1. The summed E-state index contributed by atoms with van der Waals surface area (Å²) in [5.41, 5.74) is 2.47. The van der Waals surface area contributed by atoms with Gasteiger partial charge in [-0.25, -0.2) is 0 Å². The lowest BCUT2D eigenvalue weighted by Gasteiger charge is -2.32. The van der Waals surface area contributed by atoms with E-state index in [4.69, 9.17) is 0 Å². The largest absolute Gasteiger partial charge is 0.387 e. The number of hydrogen-bond acceptors (Lipinski definition) is 2. The Bertz CT molecular complexity index is 425. The van der Waals surface area contributed by atoms with Gasteiger partial charge in [-0.05, 0) is 43.4 Å². The third kappa shape index (κ3) is 2.70. The molecule has 0 aromatic heterocycles. The number of hydrogen-bond donors (Lipinski definition) is 1. The number of fused-ring (bicyclic) bond motifs is 1. The fraction of sp³-hybridized carbons (Fsp3) is 0.647. The van der Waals surface area contributed by atoms with Crippen LogP contribution in [0.3, 0.4) is 0 Å². The monoisotopic (exact) mass is 259 g/mol. The molecule has 1 aromatic carbocycles. The number of aliphatic hydroxyl groups is 1. The summed E-state index contributed by atoms with van der Waals surface area (Å²) in [4.78, 5) is 2.40. The van der Waals surface area contributed by atoms with Gasteiger partial charge in [0.25, 0.3) is 0 Å². The third-order valence-corrected chi connectivity index (χ3v) is 5.00. The van der Waals surface area contributed by atoms with Gasteiger partial charge in [0.15, 0.2) is 0 Å². The summed E-state index contributed by atoms with van der Waals surface area (Å²) in [6.07, 6.45) is 7.65. The Hall–Kier alpha value is -0.860. The highest BCUT2D eigenvalue weighted by atomic mass is 16.3. The van der Waals surface area contributed by atoms with E-state index < -0.39 is 0 Å². The predicted molar refractivity (Wildman–Crippen MR) is 78.1 cm³/mol. The molecule has 1 saturated carbocycles. The second-order valence-electron chi connectivity index (χ2n) is 6.36. The molecule has 0 spiro atoms. The summed E-state index contributed by atoms with van der Waals surface area (Å²) >= 11 is 0. The highest BCUT2D eigenvalue weighted by Gasteiger charge is 2.34. The van der Waals surface area contributed by atoms with E-state index in [9.17, 15) is 5.11 Å². The predicted octanol–water partition coefficient (Wildman–Crippen LogP) is 3.16. The van der Waals surface area contributed by atoms with Crippen molar-refractivity contribution in [3.05, 3.63) is 35.4 Å². The normalized spacial score (nSPS) is 27.7. The van der Waals surface area contributed by atoms with Crippen LogP contribution in [0.1, 0.15) is 49.3 Å². The molecule has 104 valence electrons. The van der Waals surface area contributed by atoms with Crippen LogP contribution < -0.4 is 0 Å². The molecule has 2 atom stereocenters. The second kappa shape index (κ2) is 5.64. The molecule has 1 N–H and O–H groups in total. The maximum absolute atomic E-state index is 10.5. The quantitative estimate of drug-likeness (QED) is 0.901. The first-order valence-corrected chi connectivity index (χ1v) is 7.72. The molecule has 0 radical (unpaired) electrons. The van der Waals surface area contributed by atoms with Crippen molar-refractivity contribution in [2.45, 2.75) is 50.7 Å². The van der Waals surface area contributed by atoms with Crippen LogP contribution in [0.15, 0.2) is 24.3 Å². The molecule has 2 nitrogen and oxygen atoms in total. The summed E-state index contributed by atoms with van der Waals surface area (Å²) < 4.78 is 0. The molecule has 0 aliphatic heterocycles. The molecule has 1 aromatic rings. The van der Waals surface area contributed by atoms with Gasteiger partial charge in [0.1, 0.15) is 0 Å². The van der Waals surface area contributed by atoms with Crippen LogP contribution in [0, 0.1) is 5.92 Å². The van der Waals surface area contributed by atoms with Crippen molar-refractivity contribution in [1.82, 2.24) is 4.90 Å². The van der Waals surface area contributed by atoms with E-state index in [1.807, 2.05) is 6.07 Å². The van der Waals surface area contributed by atoms with E-state index in [0.29, 0.717) is 0 Å². The van der Waals surface area contributed by atoms with Gasteiger partial charge in [0.2, 0.25) is 0 Å². The summed E-state index contributed by atoms with van der Waals surface area (Å²) in [7, 11) is 2.19. The zero-order chi connectivity index (χ0) is 13.2. The third-order valence-electron chi connectivity index (χ3n) is 5.00. The molecule has 1 fully saturated rings. The lowest BCUT2D eigenvalue weighted by Crippen LogP contribution is -2.38. The van der Waals surface area contributed by atoms with Gasteiger partial charge < -0.3 is 5.11 Å². The van der Waals surface area contributed by atoms with Gasteiger partial charge in [-0.15, -0.1) is 0 Å². The van der Waals surface area contributed by atoms with E-state index in [1.165, 1.54) is 37.7 Å². The lowest BCUT2D eigenvalue weighted by atomic mass is 9.88. The Morgan fingerprint density at radius 2 is 1.89 bits per heavy atom. The highest BCUT2D eigenvalue weighted by Crippen LogP contribution is 2.35. The SMILES string of the molecule is CN(CC1CCCCC1)C1Cc2ccccc2C1O. The molecule has 0 saturated heterocycles. The molecule has 0 amide bonds. The second-order valence-corrected chi connectivity index (χ2v) is 6.36. The molecule has 0 heterocycles. The molecule has 3 rings (SSSR count). The molecule has 2 aliphatic carbocycles. The van der Waals surface area contributed by atoms with Crippen LogP contribution in [-0.4, -0.2) is 29.6 Å². The van der Waals surface area contributed by atoms with Crippen LogP contribution in [0.2, 0.25) is 0 Å². The Morgan fingerprint density at radius 1 is 1.16 bits per heavy atom. The van der Waals surface area contributed by atoms with Crippen molar-refractivity contribution in [2.24, 2.45) is 5.92 Å². The van der Waals surface area contributed by atoms with Gasteiger partial charge in [-0.2, -0.15) is 0 Å². The maximum Gasteiger partial charge on any atom is 0.0950 e. The van der Waals surface area contributed by atoms with E-state index in [1.54, 1.807) is 0 Å². The number of benzene rings is 1. The van der Waals surface area contributed by atoms with Crippen molar-refractivity contribution in [3.63, 3.8) is 0 Å². The highest BCUT2D eigenvalue weighted by molar-refractivity contribution is 5.35. The molecular formula is C17H25NO. The first kappa shape index (κ1) is 13.1. The van der Waals surface area contributed by atoms with Gasteiger partial charge in [-0.3, -0.25) is 4.90 Å². The average Bonchev–Trinajstić information content (AvgIpc) is 2.78. The van der Waals surface area contributed by atoms with Crippen molar-refractivity contribution in [1.29, 1.82) is 0 Å². The fourth-order valence-corrected chi connectivity index (χ4v) is 3.86. The van der Waals surface area contributed by atoms with Gasteiger partial charge >= 0.3 is 0 Å². The summed E-state index contributed by atoms with van der Waals surface area (Å²) in [6.45, 7) is 1.15. The number of nitrogens with zero attached hydrogens (tertiary/aromatic N) is 1. The van der Waals surface area contributed by atoms with E-state index in [0.717, 1.165) is 24.4 Å². The van der Waals surface area contributed by atoms with Crippen LogP contribution in [0.5, 0.6) is 0 Å². The molecule has 0 bridgehead atoms. The van der Waals surface area contributed by atoms with Crippen molar-refractivity contribution in [3.8, 4) is 0 Å². The minimum absolute atomic E-state index is 0.277. The van der Waals surface area contributed by atoms with Gasteiger partial charge in [-0.1, -0.05) is 43.5 Å².